The van der Waals surface area contributed by atoms with Gasteiger partial charge >= 0.3 is 0 Å². The highest BCUT2D eigenvalue weighted by Gasteiger charge is 2.26. The predicted octanol–water partition coefficient (Wildman–Crippen LogP) is 12.8. The number of fused-ring (bicyclic) bond motifs is 9. The van der Waals surface area contributed by atoms with Gasteiger partial charge in [-0.1, -0.05) is 78.9 Å². The number of ether oxygens (including phenoxy) is 1. The summed E-state index contributed by atoms with van der Waals surface area (Å²) >= 11 is 0. The molecule has 0 aliphatic heterocycles. The smallest absolute Gasteiger partial charge is 0.145 e. The van der Waals surface area contributed by atoms with Crippen molar-refractivity contribution in [3.05, 3.63) is 174 Å². The van der Waals surface area contributed by atoms with Crippen LogP contribution < -0.4 is 4.74 Å². The molecule has 258 valence electrons. The highest BCUT2D eigenvalue weighted by Crippen LogP contribution is 2.45. The maximum atomic E-state index is 6.87. The van der Waals surface area contributed by atoms with Gasteiger partial charge in [0, 0.05) is 56.9 Å². The van der Waals surface area contributed by atoms with Crippen LogP contribution in [0.15, 0.2) is 150 Å². The number of rotatable bonds is 5. The number of pyridine rings is 2. The van der Waals surface area contributed by atoms with Gasteiger partial charge in [0.1, 0.15) is 28.5 Å². The highest BCUT2D eigenvalue weighted by atomic mass is 16.5. The van der Waals surface area contributed by atoms with Gasteiger partial charge in [-0.25, -0.2) is 4.98 Å². The summed E-state index contributed by atoms with van der Waals surface area (Å²) in [6, 6.07) is 47.1. The molecular weight excluding hydrogens is 663 g/mol. The molecule has 0 N–H and O–H groups in total. The van der Waals surface area contributed by atoms with Gasteiger partial charge in [0.2, 0.25) is 0 Å². The molecule has 1 aliphatic carbocycles. The molecule has 54 heavy (non-hydrogen) atoms. The number of hydrogen-bond acceptors (Lipinski definition) is 4. The van der Waals surface area contributed by atoms with Gasteiger partial charge in [0.15, 0.2) is 0 Å². The molecule has 4 heterocycles. The Morgan fingerprint density at radius 2 is 1.41 bits per heavy atom. The fourth-order valence-corrected chi connectivity index (χ4v) is 8.62. The molecule has 0 saturated carbocycles. The first-order chi connectivity index (χ1) is 26.6. The maximum Gasteiger partial charge on any atom is 0.145 e. The minimum absolute atomic E-state index is 0.336. The number of benzene rings is 6. The van der Waals surface area contributed by atoms with Crippen LogP contribution in [-0.4, -0.2) is 14.5 Å². The summed E-state index contributed by atoms with van der Waals surface area (Å²) in [6.45, 7) is 4.23. The van der Waals surface area contributed by atoms with E-state index < -0.39 is 0 Å². The van der Waals surface area contributed by atoms with Crippen molar-refractivity contribution in [1.82, 2.24) is 14.5 Å². The molecule has 11 rings (SSSR count). The molecular formula is C49H35N3O2. The molecule has 0 bridgehead atoms. The third kappa shape index (κ3) is 4.78. The maximum absolute atomic E-state index is 6.87. The molecule has 5 nitrogen and oxygen atoms in total. The monoisotopic (exact) mass is 697 g/mol. The second-order valence-electron chi connectivity index (χ2n) is 14.6. The lowest BCUT2D eigenvalue weighted by Crippen LogP contribution is -1.99. The van der Waals surface area contributed by atoms with Gasteiger partial charge < -0.3 is 9.15 Å². The Morgan fingerprint density at radius 3 is 2.30 bits per heavy atom. The van der Waals surface area contributed by atoms with Crippen molar-refractivity contribution >= 4 is 54.5 Å². The van der Waals surface area contributed by atoms with E-state index in [9.17, 15) is 0 Å². The number of aryl methyl sites for hydroxylation is 3. The summed E-state index contributed by atoms with van der Waals surface area (Å²) in [4.78, 5) is 9.95. The van der Waals surface area contributed by atoms with E-state index >= 15 is 0 Å². The average molecular weight is 698 g/mol. The van der Waals surface area contributed by atoms with Crippen molar-refractivity contribution in [2.45, 2.75) is 32.6 Å². The van der Waals surface area contributed by atoms with Crippen LogP contribution in [0.1, 0.15) is 40.2 Å². The summed E-state index contributed by atoms with van der Waals surface area (Å²) in [5.74, 6) is 2.69. The molecule has 0 fully saturated rings. The molecule has 0 radical (unpaired) electrons. The zero-order valence-electron chi connectivity index (χ0n) is 30.0. The first-order valence-electron chi connectivity index (χ1n) is 18.6. The van der Waals surface area contributed by atoms with Gasteiger partial charge in [0.25, 0.3) is 0 Å². The van der Waals surface area contributed by atoms with E-state index in [1.165, 1.54) is 33.2 Å². The SMILES string of the molecule is Cc1cnc(-n2c3ccccc3c3ccc(Oc4cc(-c5cc6c(cn5)CCC6c5ccccc5)c5oc6c7ccccc7ccc6c5c4)cc32)cc1C. The second-order valence-corrected chi connectivity index (χ2v) is 14.6. The number of aromatic nitrogens is 3. The van der Waals surface area contributed by atoms with Crippen molar-refractivity contribution in [2.75, 3.05) is 0 Å². The third-order valence-corrected chi connectivity index (χ3v) is 11.5. The number of para-hydroxylation sites is 1. The van der Waals surface area contributed by atoms with Gasteiger partial charge in [0.05, 0.1) is 16.7 Å². The van der Waals surface area contributed by atoms with Gasteiger partial charge in [-0.05, 0) is 108 Å². The quantitative estimate of drug-likeness (QED) is 0.180. The van der Waals surface area contributed by atoms with Crippen molar-refractivity contribution in [3.63, 3.8) is 0 Å². The summed E-state index contributed by atoms with van der Waals surface area (Å²) in [5, 5.41) is 6.61. The summed E-state index contributed by atoms with van der Waals surface area (Å²) < 4.78 is 16.0. The standard InChI is InChI=1S/C49H35N3O2/c1-29-22-47(51-27-30(29)2)52-45-15-9-8-14-38(45)39-21-18-34(25-46(39)52)53-35-23-42-40-20-16-32-12-6-7-13-37(32)48(40)54-49(42)43(24-35)44-26-41-33(28-50-44)17-19-36(41)31-10-4-3-5-11-31/h3-16,18,20-28,36H,17,19H2,1-2H3. The lowest BCUT2D eigenvalue weighted by atomic mass is 9.92. The average Bonchev–Trinajstić information content (AvgIpc) is 3.91. The van der Waals surface area contributed by atoms with Crippen LogP contribution in [0.25, 0.3) is 71.6 Å². The first-order valence-corrected chi connectivity index (χ1v) is 18.6. The predicted molar refractivity (Wildman–Crippen MR) is 219 cm³/mol. The van der Waals surface area contributed by atoms with Crippen molar-refractivity contribution in [2.24, 2.45) is 0 Å². The molecule has 1 aliphatic rings. The highest BCUT2D eigenvalue weighted by molar-refractivity contribution is 6.17. The van der Waals surface area contributed by atoms with E-state index in [2.05, 4.69) is 158 Å². The molecule has 0 saturated heterocycles. The summed E-state index contributed by atoms with van der Waals surface area (Å²) in [6.07, 6.45) is 6.12. The minimum atomic E-state index is 0.336. The van der Waals surface area contributed by atoms with Crippen LogP contribution in [0.5, 0.6) is 11.5 Å². The topological polar surface area (TPSA) is 53.1 Å². The Morgan fingerprint density at radius 1 is 0.611 bits per heavy atom. The van der Waals surface area contributed by atoms with E-state index in [4.69, 9.17) is 19.1 Å². The Balaban J connectivity index is 1.10. The Kier molecular flexibility index (Phi) is 6.80. The van der Waals surface area contributed by atoms with E-state index in [1.54, 1.807) is 0 Å². The lowest BCUT2D eigenvalue weighted by molar-refractivity contribution is 0.484. The normalized spacial score (nSPS) is 14.1. The molecule has 1 atom stereocenters. The Hall–Kier alpha value is -6.72. The molecule has 6 aromatic carbocycles. The van der Waals surface area contributed by atoms with Crippen LogP contribution in [0.2, 0.25) is 0 Å². The molecule has 0 amide bonds. The largest absolute Gasteiger partial charge is 0.457 e. The minimum Gasteiger partial charge on any atom is -0.457 e. The van der Waals surface area contributed by atoms with Crippen LogP contribution in [0.4, 0.5) is 0 Å². The summed E-state index contributed by atoms with van der Waals surface area (Å²) in [5.41, 5.74) is 12.0. The lowest BCUT2D eigenvalue weighted by Gasteiger charge is -2.14. The van der Waals surface area contributed by atoms with Crippen molar-refractivity contribution < 1.29 is 9.15 Å². The molecule has 4 aromatic heterocycles. The van der Waals surface area contributed by atoms with Crippen LogP contribution >= 0.6 is 0 Å². The zero-order chi connectivity index (χ0) is 35.9. The van der Waals surface area contributed by atoms with E-state index in [1.807, 2.05) is 6.20 Å². The van der Waals surface area contributed by atoms with E-state index in [-0.39, 0.29) is 0 Å². The van der Waals surface area contributed by atoms with E-state index in [0.717, 1.165) is 90.5 Å². The van der Waals surface area contributed by atoms with Crippen LogP contribution in [0, 0.1) is 13.8 Å². The molecule has 5 heteroatoms. The molecule has 0 spiro atoms. The van der Waals surface area contributed by atoms with Gasteiger partial charge in [-0.3, -0.25) is 9.55 Å². The Bertz CT molecular complexity index is 3120. The van der Waals surface area contributed by atoms with Crippen LogP contribution in [-0.2, 0) is 6.42 Å². The summed E-state index contributed by atoms with van der Waals surface area (Å²) in [7, 11) is 0. The third-order valence-electron chi connectivity index (χ3n) is 11.5. The second kappa shape index (κ2) is 11.9. The van der Waals surface area contributed by atoms with Gasteiger partial charge in [-0.2, -0.15) is 0 Å². The molecule has 10 aromatic rings. The first kappa shape index (κ1) is 30.9. The number of hydrogen-bond donors (Lipinski definition) is 0. The Labute approximate surface area is 312 Å². The fraction of sp³-hybridized carbons (Fsp3) is 0.102. The fourth-order valence-electron chi connectivity index (χ4n) is 8.62. The van der Waals surface area contributed by atoms with Gasteiger partial charge in [-0.15, -0.1) is 0 Å². The van der Waals surface area contributed by atoms with E-state index in [0.29, 0.717) is 5.92 Å². The van der Waals surface area contributed by atoms with Crippen molar-refractivity contribution in [3.8, 4) is 28.6 Å². The van der Waals surface area contributed by atoms with Crippen molar-refractivity contribution in [1.29, 1.82) is 0 Å². The molecule has 1 unspecified atom stereocenters. The zero-order valence-corrected chi connectivity index (χ0v) is 30.0. The van der Waals surface area contributed by atoms with Crippen LogP contribution in [0.3, 0.4) is 0 Å². The number of nitrogens with zero attached hydrogens (tertiary/aromatic N) is 3. The number of furan rings is 1.